The number of rotatable bonds is 14. The van der Waals surface area contributed by atoms with Crippen LogP contribution in [0.1, 0.15) is 36.8 Å². The van der Waals surface area contributed by atoms with Crippen molar-refractivity contribution in [3.05, 3.63) is 71.8 Å². The third kappa shape index (κ3) is 12.3. The van der Waals surface area contributed by atoms with Crippen LogP contribution in [0.2, 0.25) is 0 Å². The average Bonchev–Trinajstić information content (AvgIpc) is 2.81. The number of amides is 2. The summed E-state index contributed by atoms with van der Waals surface area (Å²) in [4.78, 5) is 23.3. The molecule has 0 unspecified atom stereocenters. The Labute approximate surface area is 184 Å². The molecule has 0 aliphatic rings. The van der Waals surface area contributed by atoms with E-state index in [1.807, 2.05) is 60.7 Å². The molecule has 31 heavy (non-hydrogen) atoms. The molecule has 0 spiro atoms. The molecule has 2 aromatic carbocycles. The zero-order chi connectivity index (χ0) is 22.0. The lowest BCUT2D eigenvalue weighted by molar-refractivity contribution is 0.138. The fourth-order valence-corrected chi connectivity index (χ4v) is 2.80. The molecule has 0 bridgehead atoms. The number of alkyl carbamates (subject to hydrolysis) is 2. The molecule has 0 aliphatic carbocycles. The van der Waals surface area contributed by atoms with E-state index in [2.05, 4.69) is 16.0 Å². The van der Waals surface area contributed by atoms with Gasteiger partial charge in [-0.15, -0.1) is 0 Å². The first-order chi connectivity index (χ1) is 15.2. The molecule has 0 radical (unpaired) electrons. The second-order valence-corrected chi connectivity index (χ2v) is 7.14. The standard InChI is InChI=1S/C24H33N3O4/c28-23(30-19-21-11-3-1-4-12-21)26-17-9-7-15-25-16-8-10-18-27-24(29)31-20-22-13-5-2-6-14-22/h1-6,11-14,25H,7-10,15-20H2,(H,26,28)(H,27,29). The van der Waals surface area contributed by atoms with Gasteiger partial charge in [-0.2, -0.15) is 0 Å². The lowest BCUT2D eigenvalue weighted by atomic mass is 10.2. The fraction of sp³-hybridized carbons (Fsp3) is 0.417. The van der Waals surface area contributed by atoms with Crippen LogP contribution in [0.5, 0.6) is 0 Å². The summed E-state index contributed by atoms with van der Waals surface area (Å²) in [6.45, 7) is 3.57. The molecule has 0 aliphatic heterocycles. The normalized spacial score (nSPS) is 10.3. The first kappa shape index (κ1) is 24.2. The van der Waals surface area contributed by atoms with E-state index in [-0.39, 0.29) is 25.4 Å². The Kier molecular flexibility index (Phi) is 12.3. The minimum absolute atomic E-state index is 0.286. The van der Waals surface area contributed by atoms with Crippen LogP contribution in [0, 0.1) is 0 Å². The van der Waals surface area contributed by atoms with Crippen molar-refractivity contribution in [1.29, 1.82) is 0 Å². The van der Waals surface area contributed by atoms with Crippen LogP contribution in [-0.4, -0.2) is 38.4 Å². The smallest absolute Gasteiger partial charge is 0.407 e. The van der Waals surface area contributed by atoms with Crippen molar-refractivity contribution < 1.29 is 19.1 Å². The fourth-order valence-electron chi connectivity index (χ4n) is 2.80. The SMILES string of the molecule is O=C(NCCCCNCCCCNC(=O)OCc1ccccc1)OCc1ccccc1. The summed E-state index contributed by atoms with van der Waals surface area (Å²) in [6, 6.07) is 19.2. The first-order valence-electron chi connectivity index (χ1n) is 10.8. The molecular weight excluding hydrogens is 394 g/mol. The lowest BCUT2D eigenvalue weighted by Gasteiger charge is -2.08. The summed E-state index contributed by atoms with van der Waals surface area (Å²) in [5, 5.41) is 8.89. The van der Waals surface area contributed by atoms with E-state index in [1.165, 1.54) is 0 Å². The monoisotopic (exact) mass is 427 g/mol. The highest BCUT2D eigenvalue weighted by Crippen LogP contribution is 2.01. The Balaban J connectivity index is 1.32. The average molecular weight is 428 g/mol. The highest BCUT2D eigenvalue weighted by molar-refractivity contribution is 5.67. The van der Waals surface area contributed by atoms with Gasteiger partial charge in [0.05, 0.1) is 0 Å². The topological polar surface area (TPSA) is 88.7 Å². The number of nitrogens with one attached hydrogen (secondary N) is 3. The van der Waals surface area contributed by atoms with Gasteiger partial charge >= 0.3 is 12.2 Å². The third-order valence-electron chi connectivity index (χ3n) is 4.52. The molecule has 0 atom stereocenters. The molecule has 0 saturated carbocycles. The number of hydrogen-bond acceptors (Lipinski definition) is 5. The quantitative estimate of drug-likeness (QED) is 0.397. The molecule has 7 heteroatoms. The van der Waals surface area contributed by atoms with Gasteiger partial charge in [-0.3, -0.25) is 0 Å². The van der Waals surface area contributed by atoms with Gasteiger partial charge in [-0.25, -0.2) is 9.59 Å². The maximum absolute atomic E-state index is 11.6. The van der Waals surface area contributed by atoms with Gasteiger partial charge in [0, 0.05) is 13.1 Å². The number of carbonyl (C=O) groups is 2. The van der Waals surface area contributed by atoms with Gasteiger partial charge in [0.15, 0.2) is 0 Å². The van der Waals surface area contributed by atoms with Crippen LogP contribution in [0.15, 0.2) is 60.7 Å². The molecule has 2 rings (SSSR count). The van der Waals surface area contributed by atoms with Crippen LogP contribution >= 0.6 is 0 Å². The van der Waals surface area contributed by atoms with Gasteiger partial charge in [-0.1, -0.05) is 60.7 Å². The van der Waals surface area contributed by atoms with Crippen molar-refractivity contribution in [2.24, 2.45) is 0 Å². The highest BCUT2D eigenvalue weighted by Gasteiger charge is 2.02. The van der Waals surface area contributed by atoms with E-state index >= 15 is 0 Å². The Morgan fingerprint density at radius 1 is 0.581 bits per heavy atom. The summed E-state index contributed by atoms with van der Waals surface area (Å²) in [7, 11) is 0. The first-order valence-corrected chi connectivity index (χ1v) is 10.8. The summed E-state index contributed by atoms with van der Waals surface area (Å²) >= 11 is 0. The Bertz CT molecular complexity index is 678. The van der Waals surface area contributed by atoms with Crippen LogP contribution < -0.4 is 16.0 Å². The van der Waals surface area contributed by atoms with E-state index in [0.717, 1.165) is 49.9 Å². The molecule has 168 valence electrons. The van der Waals surface area contributed by atoms with Gasteiger partial charge in [0.25, 0.3) is 0 Å². The van der Waals surface area contributed by atoms with Crippen LogP contribution in [0.4, 0.5) is 9.59 Å². The van der Waals surface area contributed by atoms with E-state index in [0.29, 0.717) is 13.1 Å². The van der Waals surface area contributed by atoms with Crippen LogP contribution in [-0.2, 0) is 22.7 Å². The molecule has 2 amide bonds. The molecular formula is C24H33N3O4. The number of ether oxygens (including phenoxy) is 2. The van der Waals surface area contributed by atoms with Gasteiger partial charge < -0.3 is 25.4 Å². The molecule has 0 heterocycles. The van der Waals surface area contributed by atoms with Gasteiger partial charge in [0.1, 0.15) is 13.2 Å². The molecule has 7 nitrogen and oxygen atoms in total. The van der Waals surface area contributed by atoms with Crippen molar-refractivity contribution in [2.45, 2.75) is 38.9 Å². The van der Waals surface area contributed by atoms with Crippen molar-refractivity contribution >= 4 is 12.2 Å². The second-order valence-electron chi connectivity index (χ2n) is 7.14. The number of unbranched alkanes of at least 4 members (excludes halogenated alkanes) is 2. The largest absolute Gasteiger partial charge is 0.445 e. The predicted molar refractivity (Wildman–Crippen MR) is 121 cm³/mol. The summed E-state index contributed by atoms with van der Waals surface area (Å²) in [5.41, 5.74) is 1.95. The van der Waals surface area contributed by atoms with Crippen molar-refractivity contribution in [1.82, 2.24) is 16.0 Å². The third-order valence-corrected chi connectivity index (χ3v) is 4.52. The Morgan fingerprint density at radius 2 is 0.968 bits per heavy atom. The summed E-state index contributed by atoms with van der Waals surface area (Å²) < 4.78 is 10.3. The molecule has 0 fully saturated rings. The highest BCUT2D eigenvalue weighted by atomic mass is 16.6. The summed E-state index contributed by atoms with van der Waals surface area (Å²) in [5.74, 6) is 0. The van der Waals surface area contributed by atoms with E-state index in [9.17, 15) is 9.59 Å². The van der Waals surface area contributed by atoms with E-state index in [4.69, 9.17) is 9.47 Å². The maximum Gasteiger partial charge on any atom is 0.407 e. The zero-order valence-corrected chi connectivity index (χ0v) is 18.0. The van der Waals surface area contributed by atoms with Crippen molar-refractivity contribution in [3.8, 4) is 0 Å². The second kappa shape index (κ2) is 15.7. The van der Waals surface area contributed by atoms with Crippen LogP contribution in [0.3, 0.4) is 0 Å². The van der Waals surface area contributed by atoms with Gasteiger partial charge in [0.2, 0.25) is 0 Å². The summed E-state index contributed by atoms with van der Waals surface area (Å²) in [6.07, 6.45) is 2.97. The van der Waals surface area contributed by atoms with Crippen LogP contribution in [0.25, 0.3) is 0 Å². The van der Waals surface area contributed by atoms with Crippen molar-refractivity contribution in [3.63, 3.8) is 0 Å². The van der Waals surface area contributed by atoms with Gasteiger partial charge in [-0.05, 0) is 49.9 Å². The minimum Gasteiger partial charge on any atom is -0.445 e. The zero-order valence-electron chi connectivity index (χ0n) is 18.0. The molecule has 0 aromatic heterocycles. The molecule has 2 aromatic rings. The Morgan fingerprint density at radius 3 is 1.39 bits per heavy atom. The Hall–Kier alpha value is -3.06. The number of hydrogen-bond donors (Lipinski definition) is 3. The van der Waals surface area contributed by atoms with E-state index < -0.39 is 0 Å². The number of benzene rings is 2. The number of carbonyl (C=O) groups excluding carboxylic acids is 2. The molecule has 3 N–H and O–H groups in total. The van der Waals surface area contributed by atoms with E-state index in [1.54, 1.807) is 0 Å². The van der Waals surface area contributed by atoms with Crippen molar-refractivity contribution in [2.75, 3.05) is 26.2 Å². The minimum atomic E-state index is -0.383. The predicted octanol–water partition coefficient (Wildman–Crippen LogP) is 3.99. The molecule has 0 saturated heterocycles. The maximum atomic E-state index is 11.6. The lowest BCUT2D eigenvalue weighted by Crippen LogP contribution is -2.27.